The van der Waals surface area contributed by atoms with E-state index in [0.29, 0.717) is 41.1 Å². The van der Waals surface area contributed by atoms with Crippen LogP contribution in [0.4, 0.5) is 14.6 Å². The van der Waals surface area contributed by atoms with Gasteiger partial charge in [-0.25, -0.2) is 13.8 Å². The number of nitrogens with zero attached hydrogens (tertiary/aromatic N) is 2. The number of anilines is 1. The number of alkyl halides is 2. The molecular weight excluding hydrogens is 424 g/mol. The molecule has 0 unspecified atom stereocenters. The van der Waals surface area contributed by atoms with Crippen LogP contribution in [0.1, 0.15) is 76.1 Å². The van der Waals surface area contributed by atoms with E-state index >= 15 is 0 Å². The topological polar surface area (TPSA) is 75.0 Å². The highest BCUT2D eigenvalue weighted by atomic mass is 19.3. The molecule has 2 aromatic rings. The number of ketones is 1. The zero-order valence-electron chi connectivity index (χ0n) is 19.4. The molecule has 2 heterocycles. The van der Waals surface area contributed by atoms with Crippen molar-refractivity contribution in [3.8, 4) is 11.8 Å². The normalized spacial score (nSPS) is 21.4. The van der Waals surface area contributed by atoms with Gasteiger partial charge in [0.15, 0.2) is 5.78 Å². The molecule has 0 spiro atoms. The van der Waals surface area contributed by atoms with Crippen molar-refractivity contribution in [3.05, 3.63) is 64.0 Å². The number of nitriles is 1. The second kappa shape index (κ2) is 7.95. The number of allylic oxidation sites excluding steroid dienone is 2. The van der Waals surface area contributed by atoms with Crippen molar-refractivity contribution in [2.24, 2.45) is 5.41 Å². The maximum Gasteiger partial charge on any atom is 0.266 e. The largest absolute Gasteiger partial charge is 0.491 e. The molecule has 7 heteroatoms. The number of aromatic nitrogens is 1. The number of Topliss-reactive ketones (excluding diaryl/α,β-unsaturated/α-hetero) is 1. The third-order valence-electron chi connectivity index (χ3n) is 6.38. The van der Waals surface area contributed by atoms with E-state index in [1.54, 1.807) is 0 Å². The summed E-state index contributed by atoms with van der Waals surface area (Å²) in [5.41, 5.74) is 0.220. The summed E-state index contributed by atoms with van der Waals surface area (Å²) in [5.74, 6) is 0.868. The molecule has 1 atom stereocenters. The first-order chi connectivity index (χ1) is 15.5. The minimum atomic E-state index is -2.87. The first kappa shape index (κ1) is 22.9. The van der Waals surface area contributed by atoms with Crippen LogP contribution in [0, 0.1) is 16.7 Å². The second-order valence-corrected chi connectivity index (χ2v) is 9.96. The van der Waals surface area contributed by atoms with E-state index in [1.165, 1.54) is 0 Å². The molecule has 1 aliphatic heterocycles. The Labute approximate surface area is 192 Å². The van der Waals surface area contributed by atoms with Gasteiger partial charge in [0.1, 0.15) is 17.6 Å². The fourth-order valence-corrected chi connectivity index (χ4v) is 5.11. The molecule has 0 fully saturated rings. The summed E-state index contributed by atoms with van der Waals surface area (Å²) < 4.78 is 33.6. The van der Waals surface area contributed by atoms with Gasteiger partial charge in [-0.05, 0) is 50.3 Å². The summed E-state index contributed by atoms with van der Waals surface area (Å²) in [6.07, 6.45) is -0.957. The quantitative estimate of drug-likeness (QED) is 0.612. The molecule has 2 aliphatic rings. The van der Waals surface area contributed by atoms with Crippen molar-refractivity contribution >= 4 is 11.6 Å². The Kier molecular flexibility index (Phi) is 5.52. The minimum Gasteiger partial charge on any atom is -0.491 e. The Bertz CT molecular complexity index is 1210. The van der Waals surface area contributed by atoms with Crippen LogP contribution in [0.15, 0.2) is 41.7 Å². The number of benzene rings is 1. The number of hydrogen-bond acceptors (Lipinski definition) is 5. The van der Waals surface area contributed by atoms with E-state index in [-0.39, 0.29) is 22.9 Å². The molecular formula is C26H27F2N3O2. The Balaban J connectivity index is 2.06. The van der Waals surface area contributed by atoms with Crippen molar-refractivity contribution in [1.82, 2.24) is 4.98 Å². The number of nitrogens with one attached hydrogen (secondary N) is 1. The molecule has 1 aromatic heterocycles. The van der Waals surface area contributed by atoms with Crippen molar-refractivity contribution in [3.63, 3.8) is 0 Å². The standard InChI is InChI=1S/C26H27F2N3O2/c1-14(2)33-16-8-6-7-15(9-16)26(5)21-17(12-29)18(23(27)28)13-30-24(21)31-19-10-25(3,4)11-20(32)22(19)26/h6-9,13-14,23H,10-11H2,1-5H3,(H,30,31)/t26-/m0/s1. The van der Waals surface area contributed by atoms with Gasteiger partial charge in [-0.15, -0.1) is 0 Å². The highest BCUT2D eigenvalue weighted by molar-refractivity contribution is 6.03. The number of rotatable bonds is 4. The van der Waals surface area contributed by atoms with Gasteiger partial charge in [0.2, 0.25) is 0 Å². The van der Waals surface area contributed by atoms with E-state index in [1.807, 2.05) is 65.0 Å². The Morgan fingerprint density at radius 2 is 1.94 bits per heavy atom. The lowest BCUT2D eigenvalue weighted by Gasteiger charge is -2.45. The minimum absolute atomic E-state index is 0.0663. The number of hydrogen-bond donors (Lipinski definition) is 1. The van der Waals surface area contributed by atoms with E-state index in [2.05, 4.69) is 10.3 Å². The lowest BCUT2D eigenvalue weighted by atomic mass is 9.61. The van der Waals surface area contributed by atoms with Crippen molar-refractivity contribution in [2.45, 2.75) is 65.4 Å². The molecule has 5 nitrogen and oxygen atoms in total. The molecule has 4 rings (SSSR count). The van der Waals surface area contributed by atoms with Gasteiger partial charge >= 0.3 is 0 Å². The maximum atomic E-state index is 13.8. The lowest BCUT2D eigenvalue weighted by Crippen LogP contribution is -2.43. The molecule has 0 saturated heterocycles. The molecule has 172 valence electrons. The highest BCUT2D eigenvalue weighted by Crippen LogP contribution is 2.54. The zero-order valence-corrected chi connectivity index (χ0v) is 19.4. The maximum absolute atomic E-state index is 13.8. The van der Waals surface area contributed by atoms with Crippen LogP contribution in [-0.2, 0) is 10.2 Å². The molecule has 1 aromatic carbocycles. The number of carbonyl (C=O) groups excluding carboxylic acids is 1. The van der Waals surface area contributed by atoms with Crippen LogP contribution in [-0.4, -0.2) is 16.9 Å². The first-order valence-electron chi connectivity index (χ1n) is 11.0. The summed E-state index contributed by atoms with van der Waals surface area (Å²) in [5, 5.41) is 13.2. The van der Waals surface area contributed by atoms with Crippen LogP contribution in [0.5, 0.6) is 5.75 Å². The van der Waals surface area contributed by atoms with Crippen molar-refractivity contribution in [1.29, 1.82) is 5.26 Å². The first-order valence-corrected chi connectivity index (χ1v) is 11.0. The van der Waals surface area contributed by atoms with Gasteiger partial charge < -0.3 is 10.1 Å². The third kappa shape index (κ3) is 3.78. The number of carbonyl (C=O) groups is 1. The molecule has 0 radical (unpaired) electrons. The van der Waals surface area contributed by atoms with Crippen LogP contribution in [0.2, 0.25) is 0 Å². The molecule has 1 aliphatic carbocycles. The van der Waals surface area contributed by atoms with Crippen LogP contribution < -0.4 is 10.1 Å². The number of fused-ring (bicyclic) bond motifs is 1. The SMILES string of the molecule is CC(C)Oc1cccc([C@]2(C)C3=C(CC(C)(C)CC3=O)Nc3ncc(C(F)F)c(C#N)c32)c1. The number of ether oxygens (including phenoxy) is 1. The fourth-order valence-electron chi connectivity index (χ4n) is 5.11. The average molecular weight is 452 g/mol. The molecule has 0 amide bonds. The lowest BCUT2D eigenvalue weighted by molar-refractivity contribution is -0.118. The summed E-state index contributed by atoms with van der Waals surface area (Å²) in [6.45, 7) is 9.69. The fraction of sp³-hybridized carbons (Fsp3) is 0.423. The molecule has 0 saturated carbocycles. The molecule has 0 bridgehead atoms. The van der Waals surface area contributed by atoms with Crippen LogP contribution in [0.25, 0.3) is 0 Å². The second-order valence-electron chi connectivity index (χ2n) is 9.96. The number of pyridine rings is 1. The highest BCUT2D eigenvalue weighted by Gasteiger charge is 2.49. The summed E-state index contributed by atoms with van der Waals surface area (Å²) in [4.78, 5) is 17.8. The smallest absolute Gasteiger partial charge is 0.266 e. The summed E-state index contributed by atoms with van der Waals surface area (Å²) in [6, 6.07) is 9.27. The van der Waals surface area contributed by atoms with E-state index < -0.39 is 17.4 Å². The molecule has 33 heavy (non-hydrogen) atoms. The van der Waals surface area contributed by atoms with Crippen LogP contribution >= 0.6 is 0 Å². The Hall–Kier alpha value is -3.27. The Morgan fingerprint density at radius 3 is 2.58 bits per heavy atom. The third-order valence-corrected chi connectivity index (χ3v) is 6.38. The average Bonchev–Trinajstić information content (AvgIpc) is 2.71. The van der Waals surface area contributed by atoms with Gasteiger partial charge in [0.05, 0.1) is 22.6 Å². The summed E-state index contributed by atoms with van der Waals surface area (Å²) >= 11 is 0. The number of halogens is 2. The predicted molar refractivity (Wildman–Crippen MR) is 121 cm³/mol. The van der Waals surface area contributed by atoms with E-state index in [9.17, 15) is 18.8 Å². The van der Waals surface area contributed by atoms with Crippen LogP contribution in [0.3, 0.4) is 0 Å². The predicted octanol–water partition coefficient (Wildman–Crippen LogP) is 6.05. The molecule has 1 N–H and O–H groups in total. The monoisotopic (exact) mass is 451 g/mol. The zero-order chi connectivity index (χ0) is 24.1. The van der Waals surface area contributed by atoms with Gasteiger partial charge in [0, 0.05) is 29.5 Å². The Morgan fingerprint density at radius 1 is 1.21 bits per heavy atom. The van der Waals surface area contributed by atoms with E-state index in [4.69, 9.17) is 4.74 Å². The van der Waals surface area contributed by atoms with Crippen molar-refractivity contribution in [2.75, 3.05) is 5.32 Å². The summed E-state index contributed by atoms with van der Waals surface area (Å²) in [7, 11) is 0. The van der Waals surface area contributed by atoms with E-state index in [0.717, 1.165) is 11.9 Å². The van der Waals surface area contributed by atoms with Gasteiger partial charge in [-0.2, -0.15) is 5.26 Å². The van der Waals surface area contributed by atoms with Gasteiger partial charge in [0.25, 0.3) is 6.43 Å². The van der Waals surface area contributed by atoms with Gasteiger partial charge in [-0.3, -0.25) is 4.79 Å². The van der Waals surface area contributed by atoms with Gasteiger partial charge in [-0.1, -0.05) is 26.0 Å². The van der Waals surface area contributed by atoms with Crippen molar-refractivity contribution < 1.29 is 18.3 Å².